The van der Waals surface area contributed by atoms with E-state index in [1.54, 1.807) is 6.92 Å². The Bertz CT molecular complexity index is 592. The summed E-state index contributed by atoms with van der Waals surface area (Å²) in [5.41, 5.74) is 1.01. The van der Waals surface area contributed by atoms with Gasteiger partial charge in [0.25, 0.3) is 0 Å². The highest BCUT2D eigenvalue weighted by atomic mass is 16.3. The molecule has 1 amide bonds. The third-order valence-corrected chi connectivity index (χ3v) is 3.53. The predicted molar refractivity (Wildman–Crippen MR) is 81.7 cm³/mol. The number of rotatable bonds is 5. The minimum atomic E-state index is -0.383. The Morgan fingerprint density at radius 3 is 2.55 bits per heavy atom. The van der Waals surface area contributed by atoms with Crippen molar-refractivity contribution in [3.8, 4) is 0 Å². The number of hydrogen-bond donors (Lipinski definition) is 2. The van der Waals surface area contributed by atoms with Gasteiger partial charge in [-0.1, -0.05) is 42.5 Å². The Kier molecular flexibility index (Phi) is 4.74. The van der Waals surface area contributed by atoms with Crippen LogP contribution in [0.4, 0.5) is 0 Å². The second kappa shape index (κ2) is 6.53. The number of benzene rings is 2. The van der Waals surface area contributed by atoms with Gasteiger partial charge in [-0.3, -0.25) is 4.79 Å². The lowest BCUT2D eigenvalue weighted by Crippen LogP contribution is -2.30. The van der Waals surface area contributed by atoms with Gasteiger partial charge in [-0.15, -0.1) is 0 Å². The van der Waals surface area contributed by atoms with E-state index in [0.29, 0.717) is 13.0 Å². The first kappa shape index (κ1) is 14.5. The van der Waals surface area contributed by atoms with Gasteiger partial charge in [0.1, 0.15) is 0 Å². The summed E-state index contributed by atoms with van der Waals surface area (Å²) in [5, 5.41) is 14.4. The van der Waals surface area contributed by atoms with Gasteiger partial charge in [0.05, 0.1) is 12.0 Å². The summed E-state index contributed by atoms with van der Waals surface area (Å²) in [5.74, 6) is -0.186. The van der Waals surface area contributed by atoms with Crippen LogP contribution in [0.1, 0.15) is 31.7 Å². The maximum Gasteiger partial charge on any atom is 0.227 e. The first-order valence-electron chi connectivity index (χ1n) is 7.02. The van der Waals surface area contributed by atoms with E-state index in [2.05, 4.69) is 23.5 Å². The van der Waals surface area contributed by atoms with Crippen LogP contribution in [0.15, 0.2) is 42.5 Å². The molecule has 0 aliphatic rings. The van der Waals surface area contributed by atoms with Gasteiger partial charge in [0.2, 0.25) is 5.91 Å². The van der Waals surface area contributed by atoms with Crippen LogP contribution in [0.25, 0.3) is 10.8 Å². The zero-order chi connectivity index (χ0) is 14.5. The van der Waals surface area contributed by atoms with Crippen molar-refractivity contribution in [3.63, 3.8) is 0 Å². The minimum absolute atomic E-state index is 0.000862. The lowest BCUT2D eigenvalue weighted by molar-refractivity contribution is -0.122. The van der Waals surface area contributed by atoms with Crippen LogP contribution in [0.3, 0.4) is 0 Å². The van der Waals surface area contributed by atoms with Crippen molar-refractivity contribution in [2.75, 3.05) is 6.54 Å². The van der Waals surface area contributed by atoms with Gasteiger partial charge in [-0.05, 0) is 36.6 Å². The quantitative estimate of drug-likeness (QED) is 0.878. The largest absolute Gasteiger partial charge is 0.393 e. The Balaban J connectivity index is 2.06. The molecule has 2 atom stereocenters. The van der Waals surface area contributed by atoms with E-state index in [1.807, 2.05) is 31.2 Å². The van der Waals surface area contributed by atoms with Crippen molar-refractivity contribution in [2.45, 2.75) is 32.3 Å². The lowest BCUT2D eigenvalue weighted by atomic mass is 9.97. The molecule has 0 aliphatic carbocycles. The number of carbonyl (C=O) groups is 1. The van der Waals surface area contributed by atoms with Crippen LogP contribution in [0.5, 0.6) is 0 Å². The fraction of sp³-hybridized carbons (Fsp3) is 0.353. The minimum Gasteiger partial charge on any atom is -0.393 e. The Hall–Kier alpha value is -1.87. The lowest BCUT2D eigenvalue weighted by Gasteiger charge is -2.14. The summed E-state index contributed by atoms with van der Waals surface area (Å²) in [7, 11) is 0. The number of amides is 1. The molecular weight excluding hydrogens is 250 g/mol. The van der Waals surface area contributed by atoms with Crippen molar-refractivity contribution in [3.05, 3.63) is 48.0 Å². The molecule has 3 heteroatoms. The first-order valence-corrected chi connectivity index (χ1v) is 7.02. The number of fused-ring (bicyclic) bond motifs is 1. The maximum absolute atomic E-state index is 12.1. The maximum atomic E-state index is 12.1. The number of hydrogen-bond acceptors (Lipinski definition) is 2. The molecule has 0 heterocycles. The topological polar surface area (TPSA) is 49.3 Å². The standard InChI is InChI=1S/C17H21NO2/c1-12(19)9-10-18-17(20)13(2)15-8-7-14-5-3-4-6-16(14)11-15/h3-8,11-13,19H,9-10H2,1-2H3,(H,18,20). The van der Waals surface area contributed by atoms with E-state index in [9.17, 15) is 9.90 Å². The van der Waals surface area contributed by atoms with Gasteiger partial charge < -0.3 is 10.4 Å². The van der Waals surface area contributed by atoms with Gasteiger partial charge in [0.15, 0.2) is 0 Å². The summed E-state index contributed by atoms with van der Waals surface area (Å²) < 4.78 is 0. The van der Waals surface area contributed by atoms with Gasteiger partial charge in [0, 0.05) is 6.54 Å². The molecule has 0 aromatic heterocycles. The molecule has 0 bridgehead atoms. The molecule has 0 saturated heterocycles. The van der Waals surface area contributed by atoms with E-state index in [4.69, 9.17) is 0 Å². The third-order valence-electron chi connectivity index (χ3n) is 3.53. The highest BCUT2D eigenvalue weighted by Crippen LogP contribution is 2.21. The molecule has 0 saturated carbocycles. The van der Waals surface area contributed by atoms with Gasteiger partial charge >= 0.3 is 0 Å². The molecule has 0 aliphatic heterocycles. The molecule has 2 aromatic rings. The summed E-state index contributed by atoms with van der Waals surface area (Å²) in [6.45, 7) is 4.13. The normalized spacial score (nSPS) is 13.9. The molecule has 20 heavy (non-hydrogen) atoms. The highest BCUT2D eigenvalue weighted by molar-refractivity contribution is 5.87. The van der Waals surface area contributed by atoms with E-state index < -0.39 is 0 Å². The Morgan fingerprint density at radius 1 is 1.15 bits per heavy atom. The van der Waals surface area contributed by atoms with E-state index in [-0.39, 0.29) is 17.9 Å². The SMILES string of the molecule is CC(O)CCNC(=O)C(C)c1ccc2ccccc2c1. The summed E-state index contributed by atoms with van der Waals surface area (Å²) >= 11 is 0. The molecule has 106 valence electrons. The first-order chi connectivity index (χ1) is 9.58. The van der Waals surface area contributed by atoms with Crippen LogP contribution in [-0.4, -0.2) is 23.7 Å². The number of aliphatic hydroxyl groups is 1. The van der Waals surface area contributed by atoms with Gasteiger partial charge in [-0.2, -0.15) is 0 Å². The van der Waals surface area contributed by atoms with Crippen molar-refractivity contribution >= 4 is 16.7 Å². The highest BCUT2D eigenvalue weighted by Gasteiger charge is 2.15. The second-order valence-corrected chi connectivity index (χ2v) is 5.26. The van der Waals surface area contributed by atoms with E-state index in [0.717, 1.165) is 10.9 Å². The average Bonchev–Trinajstić information content (AvgIpc) is 2.45. The molecular formula is C17H21NO2. The number of nitrogens with one attached hydrogen (secondary N) is 1. The predicted octanol–water partition coefficient (Wildman–Crippen LogP) is 2.83. The summed E-state index contributed by atoms with van der Waals surface area (Å²) in [4.78, 5) is 12.1. The zero-order valence-corrected chi connectivity index (χ0v) is 12.0. The van der Waals surface area contributed by atoms with Crippen molar-refractivity contribution < 1.29 is 9.90 Å². The molecule has 2 rings (SSSR count). The van der Waals surface area contributed by atoms with Crippen LogP contribution in [0.2, 0.25) is 0 Å². The van der Waals surface area contributed by atoms with E-state index in [1.165, 1.54) is 5.39 Å². The fourth-order valence-electron chi connectivity index (χ4n) is 2.19. The molecule has 3 nitrogen and oxygen atoms in total. The van der Waals surface area contributed by atoms with Crippen molar-refractivity contribution in [2.24, 2.45) is 0 Å². The zero-order valence-electron chi connectivity index (χ0n) is 12.0. The molecule has 0 fully saturated rings. The third kappa shape index (κ3) is 3.58. The molecule has 0 spiro atoms. The van der Waals surface area contributed by atoms with Crippen molar-refractivity contribution in [1.29, 1.82) is 0 Å². The smallest absolute Gasteiger partial charge is 0.227 e. The number of aliphatic hydroxyl groups excluding tert-OH is 1. The molecule has 2 N–H and O–H groups in total. The average molecular weight is 271 g/mol. The van der Waals surface area contributed by atoms with Crippen molar-refractivity contribution in [1.82, 2.24) is 5.32 Å². The van der Waals surface area contributed by atoms with Crippen LogP contribution in [-0.2, 0) is 4.79 Å². The van der Waals surface area contributed by atoms with Crippen LogP contribution < -0.4 is 5.32 Å². The van der Waals surface area contributed by atoms with Gasteiger partial charge in [-0.25, -0.2) is 0 Å². The second-order valence-electron chi connectivity index (χ2n) is 5.26. The fourth-order valence-corrected chi connectivity index (χ4v) is 2.19. The molecule has 2 unspecified atom stereocenters. The summed E-state index contributed by atoms with van der Waals surface area (Å²) in [6.07, 6.45) is 0.196. The Labute approximate surface area is 119 Å². The monoisotopic (exact) mass is 271 g/mol. The summed E-state index contributed by atoms with van der Waals surface area (Å²) in [6, 6.07) is 14.2. The molecule has 2 aromatic carbocycles. The van der Waals surface area contributed by atoms with Crippen LogP contribution in [0, 0.1) is 0 Å². The van der Waals surface area contributed by atoms with Crippen LogP contribution >= 0.6 is 0 Å². The Morgan fingerprint density at radius 2 is 1.85 bits per heavy atom. The molecule has 0 radical (unpaired) electrons. The number of carbonyl (C=O) groups excluding carboxylic acids is 1. The van der Waals surface area contributed by atoms with E-state index >= 15 is 0 Å².